The zero-order chi connectivity index (χ0) is 12.2. The van der Waals surface area contributed by atoms with Gasteiger partial charge in [0.05, 0.1) is 6.07 Å². The molecule has 0 saturated carbocycles. The highest BCUT2D eigenvalue weighted by atomic mass is 16.1. The van der Waals surface area contributed by atoms with Gasteiger partial charge in [0.25, 0.3) is 0 Å². The number of carbonyl (C=O) groups is 1. The van der Waals surface area contributed by atoms with Gasteiger partial charge in [0, 0.05) is 6.54 Å². The van der Waals surface area contributed by atoms with Crippen LogP contribution in [0.3, 0.4) is 0 Å². The van der Waals surface area contributed by atoms with Crippen LogP contribution < -0.4 is 5.32 Å². The third-order valence-electron chi connectivity index (χ3n) is 2.71. The lowest BCUT2D eigenvalue weighted by molar-refractivity contribution is -0.123. The summed E-state index contributed by atoms with van der Waals surface area (Å²) in [5.74, 6) is -0.585. The fourth-order valence-corrected chi connectivity index (χ4v) is 1.58. The summed E-state index contributed by atoms with van der Waals surface area (Å²) in [5.41, 5.74) is 0. The van der Waals surface area contributed by atoms with Crippen molar-refractivity contribution in [1.29, 1.82) is 5.26 Å². The number of unbranched alkanes of at least 4 members (excludes halogenated alkanes) is 5. The zero-order valence-corrected chi connectivity index (χ0v) is 10.6. The van der Waals surface area contributed by atoms with Crippen molar-refractivity contribution in [3.05, 3.63) is 0 Å². The Kier molecular flexibility index (Phi) is 9.80. The Morgan fingerprint density at radius 3 is 2.38 bits per heavy atom. The largest absolute Gasteiger partial charge is 0.355 e. The average Bonchev–Trinajstić information content (AvgIpc) is 2.29. The molecule has 0 radical (unpaired) electrons. The Bertz CT molecular complexity index is 220. The fourth-order valence-electron chi connectivity index (χ4n) is 1.58. The number of hydrogen-bond donors (Lipinski definition) is 1. The Labute approximate surface area is 99.2 Å². The van der Waals surface area contributed by atoms with E-state index in [2.05, 4.69) is 12.2 Å². The Balaban J connectivity index is 3.38. The lowest BCUT2D eigenvalue weighted by atomic mass is 10.1. The van der Waals surface area contributed by atoms with Crippen LogP contribution in [0.5, 0.6) is 0 Å². The molecule has 1 unspecified atom stereocenters. The summed E-state index contributed by atoms with van der Waals surface area (Å²) in [6, 6.07) is 2.01. The molecule has 0 fully saturated rings. The number of rotatable bonds is 9. The summed E-state index contributed by atoms with van der Waals surface area (Å²) >= 11 is 0. The molecule has 0 heterocycles. The molecule has 0 rings (SSSR count). The molecule has 3 nitrogen and oxygen atoms in total. The second-order valence-electron chi connectivity index (χ2n) is 4.15. The van der Waals surface area contributed by atoms with E-state index >= 15 is 0 Å². The van der Waals surface area contributed by atoms with Crippen molar-refractivity contribution in [2.24, 2.45) is 5.92 Å². The molecular formula is C13H24N2O. The fraction of sp³-hybridized carbons (Fsp3) is 0.846. The molecular weight excluding hydrogens is 200 g/mol. The number of hydrogen-bond acceptors (Lipinski definition) is 2. The van der Waals surface area contributed by atoms with Crippen LogP contribution in [0.15, 0.2) is 0 Å². The van der Waals surface area contributed by atoms with Crippen molar-refractivity contribution >= 4 is 5.91 Å². The quantitative estimate of drug-likeness (QED) is 0.612. The van der Waals surface area contributed by atoms with E-state index < -0.39 is 5.92 Å². The summed E-state index contributed by atoms with van der Waals surface area (Å²) < 4.78 is 0. The van der Waals surface area contributed by atoms with Gasteiger partial charge in [-0.25, -0.2) is 0 Å². The van der Waals surface area contributed by atoms with Gasteiger partial charge in [0.2, 0.25) is 5.91 Å². The SMILES string of the molecule is CCCCCCCCNC(=O)C(C#N)CC. The Hall–Kier alpha value is -1.04. The summed E-state index contributed by atoms with van der Waals surface area (Å²) in [7, 11) is 0. The summed E-state index contributed by atoms with van der Waals surface area (Å²) in [4.78, 5) is 11.4. The van der Waals surface area contributed by atoms with Gasteiger partial charge in [0.1, 0.15) is 5.92 Å². The van der Waals surface area contributed by atoms with Crippen molar-refractivity contribution in [2.75, 3.05) is 6.54 Å². The van der Waals surface area contributed by atoms with Crippen LogP contribution in [0.1, 0.15) is 58.8 Å². The molecule has 1 amide bonds. The molecule has 0 aliphatic rings. The van der Waals surface area contributed by atoms with Gasteiger partial charge < -0.3 is 5.32 Å². The molecule has 0 aromatic heterocycles. The monoisotopic (exact) mass is 224 g/mol. The van der Waals surface area contributed by atoms with Crippen LogP contribution in [0, 0.1) is 17.2 Å². The highest BCUT2D eigenvalue weighted by Gasteiger charge is 2.13. The lowest BCUT2D eigenvalue weighted by Gasteiger charge is -2.07. The molecule has 0 aromatic carbocycles. The van der Waals surface area contributed by atoms with Crippen LogP contribution in [0.4, 0.5) is 0 Å². The van der Waals surface area contributed by atoms with E-state index in [0.717, 1.165) is 6.42 Å². The molecule has 0 saturated heterocycles. The summed E-state index contributed by atoms with van der Waals surface area (Å²) in [6.07, 6.45) is 7.90. The van der Waals surface area contributed by atoms with Crippen molar-refractivity contribution < 1.29 is 4.79 Å². The van der Waals surface area contributed by atoms with E-state index in [4.69, 9.17) is 5.26 Å². The predicted octanol–water partition coefficient (Wildman–Crippen LogP) is 3.01. The van der Waals surface area contributed by atoms with Crippen LogP contribution in [0.25, 0.3) is 0 Å². The molecule has 1 atom stereocenters. The van der Waals surface area contributed by atoms with Crippen LogP contribution in [-0.2, 0) is 4.79 Å². The third-order valence-corrected chi connectivity index (χ3v) is 2.71. The van der Waals surface area contributed by atoms with E-state index in [9.17, 15) is 4.79 Å². The molecule has 0 bridgehead atoms. The molecule has 3 heteroatoms. The highest BCUT2D eigenvalue weighted by molar-refractivity contribution is 5.80. The maximum absolute atomic E-state index is 11.4. The zero-order valence-electron chi connectivity index (χ0n) is 10.6. The Morgan fingerprint density at radius 1 is 1.19 bits per heavy atom. The number of amides is 1. The predicted molar refractivity (Wildman–Crippen MR) is 65.8 cm³/mol. The smallest absolute Gasteiger partial charge is 0.237 e. The standard InChI is InChI=1S/C13H24N2O/c1-3-5-6-7-8-9-10-15-13(16)12(4-2)11-14/h12H,3-10H2,1-2H3,(H,15,16). The molecule has 0 aliphatic carbocycles. The van der Waals surface area contributed by atoms with Crippen molar-refractivity contribution in [1.82, 2.24) is 5.32 Å². The van der Waals surface area contributed by atoms with Crippen molar-refractivity contribution in [2.45, 2.75) is 58.8 Å². The van der Waals surface area contributed by atoms with E-state index in [0.29, 0.717) is 13.0 Å². The van der Waals surface area contributed by atoms with E-state index in [1.165, 1.54) is 32.1 Å². The first-order valence-corrected chi connectivity index (χ1v) is 6.43. The summed E-state index contributed by atoms with van der Waals surface area (Å²) in [6.45, 7) is 4.77. The van der Waals surface area contributed by atoms with Gasteiger partial charge in [0.15, 0.2) is 0 Å². The minimum Gasteiger partial charge on any atom is -0.355 e. The van der Waals surface area contributed by atoms with Crippen molar-refractivity contribution in [3.63, 3.8) is 0 Å². The van der Waals surface area contributed by atoms with Crippen LogP contribution >= 0.6 is 0 Å². The molecule has 1 N–H and O–H groups in total. The lowest BCUT2D eigenvalue weighted by Crippen LogP contribution is -2.30. The highest BCUT2D eigenvalue weighted by Crippen LogP contribution is 2.04. The molecule has 0 aromatic rings. The van der Waals surface area contributed by atoms with Crippen LogP contribution in [0.2, 0.25) is 0 Å². The Morgan fingerprint density at radius 2 is 1.81 bits per heavy atom. The maximum Gasteiger partial charge on any atom is 0.237 e. The summed E-state index contributed by atoms with van der Waals surface area (Å²) in [5, 5.41) is 11.5. The van der Waals surface area contributed by atoms with E-state index in [-0.39, 0.29) is 5.91 Å². The second-order valence-corrected chi connectivity index (χ2v) is 4.15. The number of carbonyl (C=O) groups excluding carboxylic acids is 1. The second kappa shape index (κ2) is 10.5. The molecule has 16 heavy (non-hydrogen) atoms. The topological polar surface area (TPSA) is 52.9 Å². The van der Waals surface area contributed by atoms with Gasteiger partial charge >= 0.3 is 0 Å². The minimum absolute atomic E-state index is 0.112. The van der Waals surface area contributed by atoms with Crippen LogP contribution in [-0.4, -0.2) is 12.5 Å². The van der Waals surface area contributed by atoms with Crippen molar-refractivity contribution in [3.8, 4) is 6.07 Å². The first kappa shape index (κ1) is 15.0. The number of nitrogens with zero attached hydrogens (tertiary/aromatic N) is 1. The molecule has 0 spiro atoms. The molecule has 0 aliphatic heterocycles. The first-order valence-electron chi connectivity index (χ1n) is 6.43. The van der Waals surface area contributed by atoms with E-state index in [1.54, 1.807) is 0 Å². The maximum atomic E-state index is 11.4. The van der Waals surface area contributed by atoms with Gasteiger partial charge in [-0.15, -0.1) is 0 Å². The number of nitrogens with one attached hydrogen (secondary N) is 1. The number of nitriles is 1. The average molecular weight is 224 g/mol. The minimum atomic E-state index is -0.472. The molecule has 92 valence electrons. The van der Waals surface area contributed by atoms with Gasteiger partial charge in [-0.3, -0.25) is 4.79 Å². The normalized spacial score (nSPS) is 11.8. The van der Waals surface area contributed by atoms with Gasteiger partial charge in [-0.2, -0.15) is 5.26 Å². The van der Waals surface area contributed by atoms with Gasteiger partial charge in [-0.05, 0) is 12.8 Å². The van der Waals surface area contributed by atoms with Gasteiger partial charge in [-0.1, -0.05) is 46.0 Å². The third kappa shape index (κ3) is 7.28. The van der Waals surface area contributed by atoms with E-state index in [1.807, 2.05) is 13.0 Å². The first-order chi connectivity index (χ1) is 7.76.